The monoisotopic (exact) mass is 332 g/mol. The Bertz CT molecular complexity index is 598. The van der Waals surface area contributed by atoms with Crippen LogP contribution in [0.4, 0.5) is 0 Å². The zero-order chi connectivity index (χ0) is 16.6. The van der Waals surface area contributed by atoms with E-state index in [4.69, 9.17) is 4.74 Å². The Morgan fingerprint density at radius 3 is 3.12 bits per heavy atom. The number of aryl methyl sites for hydroxylation is 1. The maximum absolute atomic E-state index is 12.3. The predicted molar refractivity (Wildman–Crippen MR) is 90.2 cm³/mol. The lowest BCUT2D eigenvalue weighted by atomic mass is 9.78. The molecule has 0 bridgehead atoms. The molecule has 3 heterocycles. The molecule has 132 valence electrons. The Hall–Kier alpha value is -1.40. The van der Waals surface area contributed by atoms with Crippen LogP contribution in [0.25, 0.3) is 0 Å². The topological polar surface area (TPSA) is 59.4 Å². The van der Waals surface area contributed by atoms with Gasteiger partial charge in [0, 0.05) is 43.9 Å². The molecule has 0 unspecified atom stereocenters. The van der Waals surface area contributed by atoms with Gasteiger partial charge in [-0.3, -0.25) is 14.4 Å². The molecule has 1 amide bonds. The van der Waals surface area contributed by atoms with Crippen LogP contribution < -0.4 is 5.32 Å². The van der Waals surface area contributed by atoms with Crippen molar-refractivity contribution in [2.45, 2.75) is 44.8 Å². The lowest BCUT2D eigenvalue weighted by Gasteiger charge is -2.39. The van der Waals surface area contributed by atoms with Gasteiger partial charge in [-0.1, -0.05) is 0 Å². The van der Waals surface area contributed by atoms with E-state index in [0.29, 0.717) is 5.92 Å². The molecule has 1 saturated carbocycles. The van der Waals surface area contributed by atoms with Gasteiger partial charge in [0.25, 0.3) is 0 Å². The smallest absolute Gasteiger partial charge is 0.249 e. The van der Waals surface area contributed by atoms with Crippen LogP contribution in [0.2, 0.25) is 0 Å². The minimum absolute atomic E-state index is 0.100. The van der Waals surface area contributed by atoms with Crippen molar-refractivity contribution in [3.63, 3.8) is 0 Å². The number of ether oxygens (including phenoxy) is 1. The van der Waals surface area contributed by atoms with Crippen molar-refractivity contribution >= 4 is 5.91 Å². The minimum atomic E-state index is -0.248. The molecule has 1 N–H and O–H groups in total. The van der Waals surface area contributed by atoms with Crippen molar-refractivity contribution < 1.29 is 9.53 Å². The first-order valence-corrected chi connectivity index (χ1v) is 9.21. The third kappa shape index (κ3) is 3.64. The second-order valence-corrected chi connectivity index (χ2v) is 8.03. The van der Waals surface area contributed by atoms with Crippen LogP contribution in [0.3, 0.4) is 0 Å². The van der Waals surface area contributed by atoms with E-state index < -0.39 is 0 Å². The van der Waals surface area contributed by atoms with E-state index >= 15 is 0 Å². The molecule has 6 nitrogen and oxygen atoms in total. The highest BCUT2D eigenvalue weighted by atomic mass is 16.5. The van der Waals surface area contributed by atoms with Gasteiger partial charge in [0.15, 0.2) is 0 Å². The van der Waals surface area contributed by atoms with Gasteiger partial charge in [0.2, 0.25) is 5.91 Å². The second-order valence-electron chi connectivity index (χ2n) is 8.03. The van der Waals surface area contributed by atoms with Crippen molar-refractivity contribution in [1.82, 2.24) is 20.0 Å². The number of amides is 1. The molecule has 2 atom stereocenters. The third-order valence-corrected chi connectivity index (χ3v) is 5.67. The van der Waals surface area contributed by atoms with Crippen molar-refractivity contribution in [3.8, 4) is 0 Å². The second kappa shape index (κ2) is 6.48. The quantitative estimate of drug-likeness (QED) is 0.883. The number of nitrogens with one attached hydrogen (secondary N) is 1. The molecular formula is C18H28N4O2. The van der Waals surface area contributed by atoms with Gasteiger partial charge in [0.1, 0.15) is 6.10 Å². The normalized spacial score (nSPS) is 30.8. The average molecular weight is 332 g/mol. The van der Waals surface area contributed by atoms with Crippen LogP contribution in [-0.4, -0.2) is 52.9 Å². The highest BCUT2D eigenvalue weighted by Gasteiger charge is 2.45. The number of nitrogens with zero attached hydrogens (tertiary/aromatic N) is 3. The number of likely N-dealkylation sites (tertiary alicyclic amines) is 1. The van der Waals surface area contributed by atoms with E-state index in [9.17, 15) is 4.79 Å². The lowest BCUT2D eigenvalue weighted by molar-refractivity contribution is -0.130. The summed E-state index contributed by atoms with van der Waals surface area (Å²) in [5.41, 5.74) is 1.41. The molecule has 3 aliphatic rings. The Kier molecular flexibility index (Phi) is 4.35. The first-order valence-electron chi connectivity index (χ1n) is 9.21. The third-order valence-electron chi connectivity index (χ3n) is 5.67. The number of piperidine rings is 1. The molecule has 2 saturated heterocycles. The summed E-state index contributed by atoms with van der Waals surface area (Å²) in [7, 11) is 1.96. The first kappa shape index (κ1) is 16.1. The van der Waals surface area contributed by atoms with E-state index in [2.05, 4.69) is 21.5 Å². The molecule has 0 radical (unpaired) electrons. The van der Waals surface area contributed by atoms with Gasteiger partial charge in [-0.2, -0.15) is 5.10 Å². The first-order chi connectivity index (χ1) is 11.6. The zero-order valence-electron chi connectivity index (χ0n) is 14.5. The van der Waals surface area contributed by atoms with Crippen molar-refractivity contribution in [1.29, 1.82) is 0 Å². The number of aromatic nitrogens is 2. The molecule has 3 fully saturated rings. The van der Waals surface area contributed by atoms with E-state index in [0.717, 1.165) is 39.2 Å². The fourth-order valence-electron chi connectivity index (χ4n) is 4.18. The summed E-state index contributed by atoms with van der Waals surface area (Å²) in [6.07, 6.45) is 9.52. The standard InChI is InChI=1S/C18H28N4O2/c1-21-10-15(9-20-21)11-22-6-2-5-18(12-22)7-16(24-13-18)17(23)19-8-14-3-4-14/h9-10,14,16H,2-8,11-13H2,1H3,(H,19,23)/t16-,18-/m1/s1. The highest BCUT2D eigenvalue weighted by molar-refractivity contribution is 5.81. The molecule has 1 aliphatic carbocycles. The molecule has 2 aliphatic heterocycles. The van der Waals surface area contributed by atoms with Crippen molar-refractivity contribution in [2.24, 2.45) is 18.4 Å². The number of hydrogen-bond donors (Lipinski definition) is 1. The van der Waals surface area contributed by atoms with Crippen LogP contribution in [0, 0.1) is 11.3 Å². The molecule has 1 aromatic rings. The van der Waals surface area contributed by atoms with Gasteiger partial charge in [-0.05, 0) is 44.6 Å². The summed E-state index contributed by atoms with van der Waals surface area (Å²) in [5, 5.41) is 7.33. The summed E-state index contributed by atoms with van der Waals surface area (Å²) >= 11 is 0. The van der Waals surface area contributed by atoms with Crippen molar-refractivity contribution in [2.75, 3.05) is 26.2 Å². The number of hydrogen-bond acceptors (Lipinski definition) is 4. The van der Waals surface area contributed by atoms with Gasteiger partial charge in [0.05, 0.1) is 12.8 Å². The molecule has 1 aromatic heterocycles. The van der Waals surface area contributed by atoms with E-state index in [1.54, 1.807) is 0 Å². The van der Waals surface area contributed by atoms with E-state index in [-0.39, 0.29) is 17.4 Å². The number of rotatable bonds is 5. The molecule has 24 heavy (non-hydrogen) atoms. The Morgan fingerprint density at radius 1 is 1.50 bits per heavy atom. The zero-order valence-corrected chi connectivity index (χ0v) is 14.5. The van der Waals surface area contributed by atoms with Crippen LogP contribution in [0.15, 0.2) is 12.4 Å². The molecule has 1 spiro atoms. The van der Waals surface area contributed by atoms with Crippen LogP contribution >= 0.6 is 0 Å². The Balaban J connectivity index is 1.32. The Labute approximate surface area is 143 Å². The summed E-state index contributed by atoms with van der Waals surface area (Å²) in [5.74, 6) is 0.817. The van der Waals surface area contributed by atoms with Gasteiger partial charge in [-0.25, -0.2) is 0 Å². The Morgan fingerprint density at radius 2 is 2.38 bits per heavy atom. The predicted octanol–water partition coefficient (Wildman–Crippen LogP) is 1.32. The fraction of sp³-hybridized carbons (Fsp3) is 0.778. The summed E-state index contributed by atoms with van der Waals surface area (Å²) in [6, 6.07) is 0. The van der Waals surface area contributed by atoms with Crippen LogP contribution in [0.1, 0.15) is 37.7 Å². The minimum Gasteiger partial charge on any atom is -0.368 e. The highest BCUT2D eigenvalue weighted by Crippen LogP contribution is 2.41. The maximum Gasteiger partial charge on any atom is 0.249 e. The maximum atomic E-state index is 12.3. The number of carbonyl (C=O) groups excluding carboxylic acids is 1. The molecular weight excluding hydrogens is 304 g/mol. The summed E-state index contributed by atoms with van der Waals surface area (Å²) in [6.45, 7) is 4.63. The summed E-state index contributed by atoms with van der Waals surface area (Å²) < 4.78 is 7.76. The van der Waals surface area contributed by atoms with Crippen LogP contribution in [-0.2, 0) is 23.1 Å². The van der Waals surface area contributed by atoms with E-state index in [1.807, 2.05) is 17.9 Å². The largest absolute Gasteiger partial charge is 0.368 e. The van der Waals surface area contributed by atoms with Gasteiger partial charge >= 0.3 is 0 Å². The number of carbonyl (C=O) groups is 1. The molecule has 4 rings (SSSR count). The lowest BCUT2D eigenvalue weighted by Crippen LogP contribution is -2.44. The fourth-order valence-corrected chi connectivity index (χ4v) is 4.18. The van der Waals surface area contributed by atoms with Crippen LogP contribution in [0.5, 0.6) is 0 Å². The van der Waals surface area contributed by atoms with E-state index in [1.165, 1.54) is 31.2 Å². The molecule has 0 aromatic carbocycles. The average Bonchev–Trinajstić information content (AvgIpc) is 3.19. The van der Waals surface area contributed by atoms with Gasteiger partial charge in [-0.15, -0.1) is 0 Å². The molecule has 6 heteroatoms. The summed E-state index contributed by atoms with van der Waals surface area (Å²) in [4.78, 5) is 14.8. The SMILES string of the molecule is Cn1cc(CN2CCC[C@]3(CO[C@@H](C(=O)NCC4CC4)C3)C2)cn1. The van der Waals surface area contributed by atoms with Crippen molar-refractivity contribution in [3.05, 3.63) is 18.0 Å². The van der Waals surface area contributed by atoms with Gasteiger partial charge < -0.3 is 10.1 Å².